The molecule has 0 radical (unpaired) electrons. The van der Waals surface area contributed by atoms with Gasteiger partial charge < -0.3 is 10.2 Å². The first-order valence-electron chi connectivity index (χ1n) is 11.0. The van der Waals surface area contributed by atoms with Crippen LogP contribution in [0, 0.1) is 5.92 Å². The molecule has 156 valence electrons. The van der Waals surface area contributed by atoms with Gasteiger partial charge in [0.1, 0.15) is 0 Å². The second kappa shape index (κ2) is 10.4. The molecule has 1 aliphatic heterocycles. The van der Waals surface area contributed by atoms with E-state index in [1.54, 1.807) is 0 Å². The molecule has 0 saturated carbocycles. The van der Waals surface area contributed by atoms with Crippen LogP contribution >= 0.6 is 0 Å². The lowest BCUT2D eigenvalue weighted by molar-refractivity contribution is -0.127. The van der Waals surface area contributed by atoms with Crippen molar-refractivity contribution in [1.82, 2.24) is 10.2 Å². The summed E-state index contributed by atoms with van der Waals surface area (Å²) in [4.78, 5) is 17.5. The van der Waals surface area contributed by atoms with Crippen LogP contribution in [-0.4, -0.2) is 37.0 Å². The molecule has 4 nitrogen and oxygen atoms in total. The molecule has 0 bridgehead atoms. The van der Waals surface area contributed by atoms with Crippen LogP contribution in [0.5, 0.6) is 0 Å². The second-order valence-electron chi connectivity index (χ2n) is 8.03. The lowest BCUT2D eigenvalue weighted by Gasteiger charge is -2.32. The number of carbonyl (C=O) groups is 1. The number of hydrogen-bond donors (Lipinski definition) is 1. The van der Waals surface area contributed by atoms with Gasteiger partial charge in [-0.3, -0.25) is 9.69 Å². The number of rotatable bonds is 8. The Kier molecular flexibility index (Phi) is 7.70. The molecule has 4 heteroatoms. The summed E-state index contributed by atoms with van der Waals surface area (Å²) in [7, 11) is 0. The van der Waals surface area contributed by atoms with Crippen LogP contribution < -0.4 is 10.2 Å². The van der Waals surface area contributed by atoms with Crippen molar-refractivity contribution in [3.63, 3.8) is 0 Å². The van der Waals surface area contributed by atoms with E-state index in [0.29, 0.717) is 0 Å². The second-order valence-corrected chi connectivity index (χ2v) is 8.03. The summed E-state index contributed by atoms with van der Waals surface area (Å²) >= 11 is 0. The molecule has 1 aliphatic rings. The highest BCUT2D eigenvalue weighted by molar-refractivity contribution is 5.79. The molecule has 1 N–H and O–H groups in total. The maximum absolute atomic E-state index is 12.7. The first-order valence-corrected chi connectivity index (χ1v) is 11.0. The van der Waals surface area contributed by atoms with Crippen molar-refractivity contribution in [2.24, 2.45) is 5.92 Å². The van der Waals surface area contributed by atoms with E-state index >= 15 is 0 Å². The fourth-order valence-corrected chi connectivity index (χ4v) is 4.17. The number of nitrogens with zero attached hydrogens (tertiary/aromatic N) is 2. The van der Waals surface area contributed by atoms with Crippen molar-refractivity contribution < 1.29 is 4.79 Å². The highest BCUT2D eigenvalue weighted by Crippen LogP contribution is 2.22. The molecule has 0 aliphatic carbocycles. The number of hydrogen-bond acceptors (Lipinski definition) is 3. The Bertz CT molecular complexity index is 747. The SMILES string of the molecule is CCN(CC)c1ccc(CN2CCC(C(=O)NC(C)c3ccccc3)CC2)cc1. The van der Waals surface area contributed by atoms with E-state index in [1.165, 1.54) is 11.3 Å². The average molecular weight is 394 g/mol. The highest BCUT2D eigenvalue weighted by Gasteiger charge is 2.26. The molecule has 1 fully saturated rings. The van der Waals surface area contributed by atoms with Crippen LogP contribution in [0.1, 0.15) is 50.8 Å². The Hall–Kier alpha value is -2.33. The number of nitrogens with one attached hydrogen (secondary N) is 1. The number of anilines is 1. The number of carbonyl (C=O) groups excluding carboxylic acids is 1. The molecule has 2 aromatic carbocycles. The van der Waals surface area contributed by atoms with E-state index in [0.717, 1.165) is 51.1 Å². The van der Waals surface area contributed by atoms with Gasteiger partial charge >= 0.3 is 0 Å². The predicted molar refractivity (Wildman–Crippen MR) is 121 cm³/mol. The summed E-state index contributed by atoms with van der Waals surface area (Å²) in [6.45, 7) is 11.4. The Morgan fingerprint density at radius 1 is 1.03 bits per heavy atom. The Morgan fingerprint density at radius 3 is 2.24 bits per heavy atom. The minimum Gasteiger partial charge on any atom is -0.372 e. The van der Waals surface area contributed by atoms with Crippen LogP contribution in [0.4, 0.5) is 5.69 Å². The summed E-state index contributed by atoms with van der Waals surface area (Å²) in [5, 5.41) is 3.20. The van der Waals surface area contributed by atoms with Gasteiger partial charge in [0.05, 0.1) is 6.04 Å². The third-order valence-electron chi connectivity index (χ3n) is 6.09. The lowest BCUT2D eigenvalue weighted by Crippen LogP contribution is -2.40. The Morgan fingerprint density at radius 2 is 1.66 bits per heavy atom. The van der Waals surface area contributed by atoms with Crippen molar-refractivity contribution in [2.75, 3.05) is 31.1 Å². The fourth-order valence-electron chi connectivity index (χ4n) is 4.17. The van der Waals surface area contributed by atoms with Gasteiger partial charge in [0.15, 0.2) is 0 Å². The van der Waals surface area contributed by atoms with Gasteiger partial charge in [-0.05, 0) is 70.0 Å². The summed E-state index contributed by atoms with van der Waals surface area (Å²) in [6.07, 6.45) is 1.87. The van der Waals surface area contributed by atoms with Gasteiger partial charge in [0, 0.05) is 31.2 Å². The summed E-state index contributed by atoms with van der Waals surface area (Å²) in [6, 6.07) is 19.2. The first kappa shape index (κ1) is 21.4. The molecule has 1 heterocycles. The third-order valence-corrected chi connectivity index (χ3v) is 6.09. The van der Waals surface area contributed by atoms with E-state index in [-0.39, 0.29) is 17.9 Å². The standard InChI is InChI=1S/C25H35N3O/c1-4-28(5-2)24-13-11-21(12-14-24)19-27-17-15-23(16-18-27)25(29)26-20(3)22-9-7-6-8-10-22/h6-14,20,23H,4-5,15-19H2,1-3H3,(H,26,29). The molecule has 29 heavy (non-hydrogen) atoms. The van der Waals surface area contributed by atoms with Crippen molar-refractivity contribution in [3.8, 4) is 0 Å². The van der Waals surface area contributed by atoms with Gasteiger partial charge in [-0.1, -0.05) is 42.5 Å². The van der Waals surface area contributed by atoms with Crippen molar-refractivity contribution in [3.05, 3.63) is 65.7 Å². The quantitative estimate of drug-likeness (QED) is 0.711. The van der Waals surface area contributed by atoms with Crippen LogP contribution in [0.2, 0.25) is 0 Å². The zero-order chi connectivity index (χ0) is 20.6. The van der Waals surface area contributed by atoms with Crippen molar-refractivity contribution >= 4 is 11.6 Å². The van der Waals surface area contributed by atoms with Gasteiger partial charge in [0.25, 0.3) is 0 Å². The Balaban J connectivity index is 1.46. The zero-order valence-corrected chi connectivity index (χ0v) is 18.1. The van der Waals surface area contributed by atoms with E-state index < -0.39 is 0 Å². The molecular formula is C25H35N3O. The number of benzene rings is 2. The Labute approximate surface area is 175 Å². The maximum atomic E-state index is 12.7. The van der Waals surface area contributed by atoms with E-state index in [9.17, 15) is 4.79 Å². The third kappa shape index (κ3) is 5.83. The van der Waals surface area contributed by atoms with Crippen LogP contribution in [0.15, 0.2) is 54.6 Å². The smallest absolute Gasteiger partial charge is 0.223 e. The maximum Gasteiger partial charge on any atom is 0.223 e. The molecule has 1 atom stereocenters. The predicted octanol–water partition coefficient (Wildman–Crippen LogP) is 4.62. The lowest BCUT2D eigenvalue weighted by atomic mass is 9.95. The highest BCUT2D eigenvalue weighted by atomic mass is 16.1. The summed E-state index contributed by atoms with van der Waals surface area (Å²) in [5.41, 5.74) is 3.80. The summed E-state index contributed by atoms with van der Waals surface area (Å²) < 4.78 is 0. The van der Waals surface area contributed by atoms with Crippen molar-refractivity contribution in [2.45, 2.75) is 46.2 Å². The summed E-state index contributed by atoms with van der Waals surface area (Å²) in [5.74, 6) is 0.326. The molecule has 3 rings (SSSR count). The van der Waals surface area contributed by atoms with Crippen LogP contribution in [0.25, 0.3) is 0 Å². The van der Waals surface area contributed by atoms with Crippen LogP contribution in [-0.2, 0) is 11.3 Å². The van der Waals surface area contributed by atoms with Crippen molar-refractivity contribution in [1.29, 1.82) is 0 Å². The van der Waals surface area contributed by atoms with Gasteiger partial charge in [0.2, 0.25) is 5.91 Å². The van der Waals surface area contributed by atoms with E-state index in [2.05, 4.69) is 72.3 Å². The average Bonchev–Trinajstić information content (AvgIpc) is 2.77. The van der Waals surface area contributed by atoms with E-state index in [1.807, 2.05) is 18.2 Å². The topological polar surface area (TPSA) is 35.6 Å². The molecule has 0 spiro atoms. The molecule has 1 saturated heterocycles. The molecular weight excluding hydrogens is 358 g/mol. The number of likely N-dealkylation sites (tertiary alicyclic amines) is 1. The molecule has 1 unspecified atom stereocenters. The first-order chi connectivity index (χ1) is 14.1. The van der Waals surface area contributed by atoms with Gasteiger partial charge in [-0.2, -0.15) is 0 Å². The largest absolute Gasteiger partial charge is 0.372 e. The minimum absolute atomic E-state index is 0.0612. The van der Waals surface area contributed by atoms with Gasteiger partial charge in [-0.25, -0.2) is 0 Å². The van der Waals surface area contributed by atoms with E-state index in [4.69, 9.17) is 0 Å². The zero-order valence-electron chi connectivity index (χ0n) is 18.1. The van der Waals surface area contributed by atoms with Gasteiger partial charge in [-0.15, -0.1) is 0 Å². The monoisotopic (exact) mass is 393 g/mol. The number of amides is 1. The fraction of sp³-hybridized carbons (Fsp3) is 0.480. The van der Waals surface area contributed by atoms with Crippen LogP contribution in [0.3, 0.4) is 0 Å². The molecule has 1 amide bonds. The minimum atomic E-state index is 0.0612. The number of piperidine rings is 1. The normalized spacial score (nSPS) is 16.4. The molecule has 0 aromatic heterocycles. The molecule has 2 aromatic rings.